The highest BCUT2D eigenvalue weighted by Crippen LogP contribution is 2.38. The van der Waals surface area contributed by atoms with Crippen molar-refractivity contribution in [3.63, 3.8) is 0 Å². The summed E-state index contributed by atoms with van der Waals surface area (Å²) in [5, 5.41) is 0.907. The van der Waals surface area contributed by atoms with E-state index in [1.807, 2.05) is 0 Å². The van der Waals surface area contributed by atoms with Gasteiger partial charge in [-0.2, -0.15) is 0 Å². The van der Waals surface area contributed by atoms with Crippen molar-refractivity contribution in [1.82, 2.24) is 0 Å². The molecule has 0 aromatic heterocycles. The van der Waals surface area contributed by atoms with Crippen molar-refractivity contribution in [3.05, 3.63) is 75.5 Å². The lowest BCUT2D eigenvalue weighted by Crippen LogP contribution is -2.14. The Morgan fingerprint density at radius 3 is 2.75 bits per heavy atom. The van der Waals surface area contributed by atoms with Gasteiger partial charge in [0.15, 0.2) is 12.4 Å². The Morgan fingerprint density at radius 1 is 1.25 bits per heavy atom. The van der Waals surface area contributed by atoms with Crippen molar-refractivity contribution in [2.45, 2.75) is 6.92 Å². The normalized spacial score (nSPS) is 13.8. The lowest BCUT2D eigenvalue weighted by Gasteiger charge is -2.08. The summed E-state index contributed by atoms with van der Waals surface area (Å²) in [6, 6.07) is 8.19. The van der Waals surface area contributed by atoms with E-state index in [9.17, 15) is 9.59 Å². The average Bonchev–Trinajstić information content (AvgIpc) is 2.96. The van der Waals surface area contributed by atoms with Crippen LogP contribution in [-0.2, 0) is 9.53 Å². The Kier molecular flexibility index (Phi) is 6.07. The van der Waals surface area contributed by atoms with E-state index in [1.165, 1.54) is 6.08 Å². The molecule has 1 heterocycles. The molecule has 2 aromatic rings. The molecule has 0 N–H and O–H groups in total. The van der Waals surface area contributed by atoms with E-state index in [-0.39, 0.29) is 24.8 Å². The first kappa shape index (κ1) is 20.0. The highest BCUT2D eigenvalue weighted by Gasteiger charge is 2.30. The van der Waals surface area contributed by atoms with Crippen molar-refractivity contribution < 1.29 is 23.8 Å². The molecule has 0 radical (unpaired) electrons. The molecule has 0 unspecified atom stereocenters. The number of hydrogen-bond acceptors (Lipinski definition) is 5. The molecule has 5 nitrogen and oxygen atoms in total. The number of ketones is 1. The molecule has 0 fully saturated rings. The second-order valence-electron chi connectivity index (χ2n) is 5.98. The summed E-state index contributed by atoms with van der Waals surface area (Å²) in [7, 11) is 0. The van der Waals surface area contributed by atoms with Crippen LogP contribution in [0.2, 0.25) is 10.0 Å². The van der Waals surface area contributed by atoms with Crippen molar-refractivity contribution in [1.29, 1.82) is 0 Å². The van der Waals surface area contributed by atoms with Crippen LogP contribution >= 0.6 is 23.2 Å². The molecule has 3 rings (SSSR count). The minimum atomic E-state index is -0.520. The standard InChI is InChI=1S/C21H16Cl2O5/c1-3-6-26-19(24)11-27-15-7-12(2)20-17(10-15)28-18(21(20)25)8-13-4-5-14(22)9-16(13)23/h3-5,7-10H,1,6,11H2,2H3/b18-8-. The fourth-order valence-corrected chi connectivity index (χ4v) is 3.12. The molecule has 1 aliphatic rings. The van der Waals surface area contributed by atoms with Crippen LogP contribution in [0.1, 0.15) is 21.5 Å². The van der Waals surface area contributed by atoms with E-state index >= 15 is 0 Å². The molecular formula is C21H16Cl2O5. The van der Waals surface area contributed by atoms with Gasteiger partial charge in [0.25, 0.3) is 0 Å². The van der Waals surface area contributed by atoms with Gasteiger partial charge in [0, 0.05) is 16.1 Å². The van der Waals surface area contributed by atoms with E-state index in [4.69, 9.17) is 37.4 Å². The zero-order valence-corrected chi connectivity index (χ0v) is 16.5. The van der Waals surface area contributed by atoms with Crippen molar-refractivity contribution in [2.24, 2.45) is 0 Å². The number of allylic oxidation sites excluding steroid dienone is 1. The molecule has 1 aliphatic heterocycles. The van der Waals surface area contributed by atoms with Gasteiger partial charge in [-0.25, -0.2) is 4.79 Å². The minimum absolute atomic E-state index is 0.116. The third kappa shape index (κ3) is 4.38. The lowest BCUT2D eigenvalue weighted by molar-refractivity contribution is -0.144. The number of carbonyl (C=O) groups is 2. The number of ether oxygens (including phenoxy) is 3. The summed E-state index contributed by atoms with van der Waals surface area (Å²) in [5.41, 5.74) is 1.72. The van der Waals surface area contributed by atoms with E-state index in [2.05, 4.69) is 6.58 Å². The monoisotopic (exact) mass is 418 g/mol. The summed E-state index contributed by atoms with van der Waals surface area (Å²) in [4.78, 5) is 24.3. The number of fused-ring (bicyclic) bond motifs is 1. The number of halogens is 2. The van der Waals surface area contributed by atoms with Gasteiger partial charge in [-0.05, 0) is 42.3 Å². The third-order valence-electron chi connectivity index (χ3n) is 3.91. The van der Waals surface area contributed by atoms with Gasteiger partial charge in [0.05, 0.1) is 5.56 Å². The highest BCUT2D eigenvalue weighted by molar-refractivity contribution is 6.35. The molecule has 0 amide bonds. The van der Waals surface area contributed by atoms with E-state index in [0.29, 0.717) is 38.2 Å². The largest absolute Gasteiger partial charge is 0.482 e. The van der Waals surface area contributed by atoms with Crippen LogP contribution in [0.5, 0.6) is 11.5 Å². The van der Waals surface area contributed by atoms with E-state index < -0.39 is 5.97 Å². The van der Waals surface area contributed by atoms with Crippen LogP contribution in [0.25, 0.3) is 6.08 Å². The summed E-state index contributed by atoms with van der Waals surface area (Å²) >= 11 is 12.1. The number of carbonyl (C=O) groups excluding carboxylic acids is 2. The zero-order valence-electron chi connectivity index (χ0n) is 15.0. The molecule has 2 aromatic carbocycles. The second kappa shape index (κ2) is 8.50. The van der Waals surface area contributed by atoms with Gasteiger partial charge in [-0.1, -0.05) is 41.9 Å². The summed E-state index contributed by atoms with van der Waals surface area (Å²) in [6.45, 7) is 5.09. The topological polar surface area (TPSA) is 61.8 Å². The third-order valence-corrected chi connectivity index (χ3v) is 4.47. The maximum atomic E-state index is 12.7. The molecule has 0 atom stereocenters. The molecule has 0 saturated carbocycles. The summed E-state index contributed by atoms with van der Waals surface area (Å²) < 4.78 is 16.0. The SMILES string of the molecule is C=CCOC(=O)COc1cc(C)c2c(c1)O/C(=C\c1ccc(Cl)cc1Cl)C2=O. The molecule has 0 bridgehead atoms. The number of rotatable bonds is 6. The van der Waals surface area contributed by atoms with Crippen molar-refractivity contribution in [3.8, 4) is 11.5 Å². The maximum absolute atomic E-state index is 12.7. The van der Waals surface area contributed by atoms with Gasteiger partial charge < -0.3 is 14.2 Å². The quantitative estimate of drug-likeness (QED) is 0.374. The van der Waals surface area contributed by atoms with Crippen LogP contribution in [0, 0.1) is 6.92 Å². The first-order valence-electron chi connectivity index (χ1n) is 8.32. The summed E-state index contributed by atoms with van der Waals surface area (Å²) in [6.07, 6.45) is 3.03. The van der Waals surface area contributed by atoms with Crippen molar-refractivity contribution in [2.75, 3.05) is 13.2 Å². The Labute approximate surface area is 172 Å². The molecule has 28 heavy (non-hydrogen) atoms. The fraction of sp³-hybridized carbons (Fsp3) is 0.143. The number of esters is 1. The van der Waals surface area contributed by atoms with Crippen molar-refractivity contribution >= 4 is 41.0 Å². The molecular weight excluding hydrogens is 403 g/mol. The van der Waals surface area contributed by atoms with Crippen LogP contribution in [0.15, 0.2) is 48.7 Å². The van der Waals surface area contributed by atoms with Gasteiger partial charge in [0.2, 0.25) is 5.78 Å². The predicted molar refractivity (Wildman–Crippen MR) is 107 cm³/mol. The molecule has 144 valence electrons. The number of Topliss-reactive ketones (excluding diaryl/α,β-unsaturated/α-hetero) is 1. The van der Waals surface area contributed by atoms with Crippen LogP contribution in [0.4, 0.5) is 0 Å². The molecule has 0 aliphatic carbocycles. The molecule has 0 saturated heterocycles. The Morgan fingerprint density at radius 2 is 2.04 bits per heavy atom. The maximum Gasteiger partial charge on any atom is 0.344 e. The number of benzene rings is 2. The van der Waals surface area contributed by atoms with Gasteiger partial charge in [0.1, 0.15) is 18.1 Å². The Hall–Kier alpha value is -2.76. The van der Waals surface area contributed by atoms with Gasteiger partial charge in [-0.3, -0.25) is 4.79 Å². The number of hydrogen-bond donors (Lipinski definition) is 0. The number of aryl methyl sites for hydroxylation is 1. The zero-order chi connectivity index (χ0) is 20.3. The average molecular weight is 419 g/mol. The molecule has 7 heteroatoms. The van der Waals surface area contributed by atoms with Crippen LogP contribution < -0.4 is 9.47 Å². The molecule has 0 spiro atoms. The van der Waals surface area contributed by atoms with Gasteiger partial charge in [-0.15, -0.1) is 0 Å². The first-order valence-corrected chi connectivity index (χ1v) is 9.08. The lowest BCUT2D eigenvalue weighted by atomic mass is 10.0. The fourth-order valence-electron chi connectivity index (χ4n) is 2.66. The van der Waals surface area contributed by atoms with Crippen LogP contribution in [0.3, 0.4) is 0 Å². The minimum Gasteiger partial charge on any atom is -0.482 e. The van der Waals surface area contributed by atoms with Gasteiger partial charge >= 0.3 is 5.97 Å². The Balaban J connectivity index is 1.81. The first-order chi connectivity index (χ1) is 13.4. The van der Waals surface area contributed by atoms with E-state index in [1.54, 1.807) is 43.3 Å². The Bertz CT molecular complexity index is 995. The highest BCUT2D eigenvalue weighted by atomic mass is 35.5. The van der Waals surface area contributed by atoms with E-state index in [0.717, 1.165) is 0 Å². The summed E-state index contributed by atoms with van der Waals surface area (Å²) in [5.74, 6) is 0.120. The van der Waals surface area contributed by atoms with Crippen LogP contribution in [-0.4, -0.2) is 25.0 Å². The smallest absolute Gasteiger partial charge is 0.344 e. The second-order valence-corrected chi connectivity index (χ2v) is 6.82. The predicted octanol–water partition coefficient (Wildman–Crippen LogP) is 5.03.